The van der Waals surface area contributed by atoms with Gasteiger partial charge in [-0.25, -0.2) is 9.59 Å². The smallest absolute Gasteiger partial charge is 0.348 e. The molecule has 0 aliphatic carbocycles. The molecule has 0 bridgehead atoms. The first-order valence-electron chi connectivity index (χ1n) is 7.49. The largest absolute Gasteiger partial charge is 0.479 e. The molecule has 1 heterocycles. The highest BCUT2D eigenvalue weighted by Gasteiger charge is 2.49. The van der Waals surface area contributed by atoms with Gasteiger partial charge in [0.15, 0.2) is 0 Å². The fraction of sp³-hybridized carbons (Fsp3) is 0.278. The lowest BCUT2D eigenvalue weighted by molar-refractivity contribution is -0.188. The lowest BCUT2D eigenvalue weighted by Crippen LogP contribution is -2.52. The average Bonchev–Trinajstić information content (AvgIpc) is 2.55. The van der Waals surface area contributed by atoms with Gasteiger partial charge in [0, 0.05) is 18.8 Å². The molecule has 1 aromatic heterocycles. The van der Waals surface area contributed by atoms with Crippen LogP contribution in [0.2, 0.25) is 0 Å². The van der Waals surface area contributed by atoms with Crippen LogP contribution in [0.5, 0.6) is 0 Å². The quantitative estimate of drug-likeness (QED) is 0.758. The Morgan fingerprint density at radius 1 is 1.08 bits per heavy atom. The molecule has 2 aromatic rings. The van der Waals surface area contributed by atoms with Crippen molar-refractivity contribution in [1.82, 2.24) is 4.98 Å². The maximum atomic E-state index is 11.6. The molecule has 2 rings (SSSR count). The lowest BCUT2D eigenvalue weighted by atomic mass is 9.93. The van der Waals surface area contributed by atoms with Crippen molar-refractivity contribution in [2.45, 2.75) is 32.0 Å². The van der Waals surface area contributed by atoms with Gasteiger partial charge in [-0.15, -0.1) is 0 Å². The van der Waals surface area contributed by atoms with E-state index in [9.17, 15) is 19.8 Å². The average molecular weight is 329 g/mol. The van der Waals surface area contributed by atoms with Crippen LogP contribution in [0.15, 0.2) is 48.8 Å². The van der Waals surface area contributed by atoms with Crippen molar-refractivity contribution in [1.29, 1.82) is 0 Å². The molecule has 0 aliphatic heterocycles. The zero-order valence-electron chi connectivity index (χ0n) is 13.5. The molecule has 0 saturated carbocycles. The molecule has 126 valence electrons. The minimum atomic E-state index is -2.30. The number of nitrogens with zero attached hydrogens (tertiary/aromatic N) is 1. The van der Waals surface area contributed by atoms with Crippen LogP contribution in [0.3, 0.4) is 0 Å². The summed E-state index contributed by atoms with van der Waals surface area (Å²) in [7, 11) is 0. The molecular weight excluding hydrogens is 310 g/mol. The number of carboxylic acids is 2. The molecule has 0 amide bonds. The van der Waals surface area contributed by atoms with Gasteiger partial charge in [-0.2, -0.15) is 0 Å². The molecule has 0 atom stereocenters. The number of hydrogen-bond acceptors (Lipinski definition) is 4. The Morgan fingerprint density at radius 3 is 2.17 bits per heavy atom. The third-order valence-electron chi connectivity index (χ3n) is 3.53. The summed E-state index contributed by atoms with van der Waals surface area (Å²) >= 11 is 0. The Balaban J connectivity index is 2.30. The number of carbonyl (C=O) groups is 2. The van der Waals surface area contributed by atoms with Gasteiger partial charge in [0.1, 0.15) is 0 Å². The van der Waals surface area contributed by atoms with Crippen molar-refractivity contribution >= 4 is 11.9 Å². The van der Waals surface area contributed by atoms with E-state index in [1.165, 1.54) is 0 Å². The van der Waals surface area contributed by atoms with Crippen LogP contribution in [0.25, 0.3) is 11.1 Å². The number of rotatable bonds is 7. The van der Waals surface area contributed by atoms with Gasteiger partial charge in [-0.05, 0) is 36.6 Å². The van der Waals surface area contributed by atoms with Crippen molar-refractivity contribution in [3.05, 3.63) is 54.4 Å². The Hall–Kier alpha value is -2.73. The second-order valence-corrected chi connectivity index (χ2v) is 5.72. The highest BCUT2D eigenvalue weighted by molar-refractivity contribution is 6.02. The summed E-state index contributed by atoms with van der Waals surface area (Å²) in [5.74, 6) is -3.03. The summed E-state index contributed by atoms with van der Waals surface area (Å²) in [5.41, 5.74) is 0.0930. The van der Waals surface area contributed by atoms with Crippen LogP contribution < -0.4 is 0 Å². The fourth-order valence-electron chi connectivity index (χ4n) is 2.42. The van der Waals surface area contributed by atoms with Crippen molar-refractivity contribution in [3.63, 3.8) is 0 Å². The van der Waals surface area contributed by atoms with Gasteiger partial charge in [0.25, 0.3) is 5.60 Å². The zero-order chi connectivity index (χ0) is 17.7. The third kappa shape index (κ3) is 3.78. The molecule has 24 heavy (non-hydrogen) atoms. The van der Waals surface area contributed by atoms with Crippen molar-refractivity contribution in [3.8, 4) is 11.1 Å². The summed E-state index contributed by atoms with van der Waals surface area (Å²) in [4.78, 5) is 27.2. The standard InChI is InChI=1S/C18H19NO5/c1-12(2)24-18(16(20)21,17(22)23)10-13-5-7-14(8-6-13)15-4-3-9-19-11-15/h3-9,11-12H,10H2,1-2H3,(H,20,21)(H,22,23). The number of aromatic nitrogens is 1. The molecule has 0 saturated heterocycles. The third-order valence-corrected chi connectivity index (χ3v) is 3.53. The van der Waals surface area contributed by atoms with Crippen LogP contribution in [0, 0.1) is 0 Å². The maximum Gasteiger partial charge on any atom is 0.348 e. The Morgan fingerprint density at radius 2 is 1.71 bits per heavy atom. The number of ether oxygens (including phenoxy) is 1. The van der Waals surface area contributed by atoms with Crippen LogP contribution >= 0.6 is 0 Å². The van der Waals surface area contributed by atoms with Crippen LogP contribution in [-0.4, -0.2) is 38.8 Å². The van der Waals surface area contributed by atoms with E-state index < -0.39 is 23.6 Å². The zero-order valence-corrected chi connectivity index (χ0v) is 13.5. The summed E-state index contributed by atoms with van der Waals surface area (Å²) in [6.07, 6.45) is 2.60. The van der Waals surface area contributed by atoms with Gasteiger partial charge < -0.3 is 14.9 Å². The number of hydrogen-bond donors (Lipinski definition) is 2. The Bertz CT molecular complexity index is 696. The van der Waals surface area contributed by atoms with E-state index in [-0.39, 0.29) is 6.42 Å². The second-order valence-electron chi connectivity index (χ2n) is 5.72. The summed E-state index contributed by atoms with van der Waals surface area (Å²) in [6, 6.07) is 10.7. The predicted octanol–water partition coefficient (Wildman–Crippen LogP) is 2.62. The van der Waals surface area contributed by atoms with E-state index in [4.69, 9.17) is 4.74 Å². The molecule has 0 unspecified atom stereocenters. The van der Waals surface area contributed by atoms with Crippen molar-refractivity contribution in [2.24, 2.45) is 0 Å². The monoisotopic (exact) mass is 329 g/mol. The number of aliphatic carboxylic acids is 2. The molecule has 1 aromatic carbocycles. The molecule has 6 nitrogen and oxygen atoms in total. The minimum absolute atomic E-state index is 0.261. The molecule has 0 spiro atoms. The highest BCUT2D eigenvalue weighted by Crippen LogP contribution is 2.24. The van der Waals surface area contributed by atoms with Crippen LogP contribution in [-0.2, 0) is 20.7 Å². The SMILES string of the molecule is CC(C)OC(Cc1ccc(-c2cccnc2)cc1)(C(=O)O)C(=O)O. The molecule has 2 N–H and O–H groups in total. The first-order chi connectivity index (χ1) is 11.3. The summed E-state index contributed by atoms with van der Waals surface area (Å²) < 4.78 is 5.27. The Labute approximate surface area is 139 Å². The van der Waals surface area contributed by atoms with E-state index in [1.54, 1.807) is 50.5 Å². The number of pyridine rings is 1. The molecule has 0 radical (unpaired) electrons. The fourth-order valence-corrected chi connectivity index (χ4v) is 2.42. The first-order valence-corrected chi connectivity index (χ1v) is 7.49. The maximum absolute atomic E-state index is 11.6. The second kappa shape index (κ2) is 7.23. The number of benzene rings is 1. The summed E-state index contributed by atoms with van der Waals surface area (Å²) in [5, 5.41) is 18.8. The highest BCUT2D eigenvalue weighted by atomic mass is 16.6. The lowest BCUT2D eigenvalue weighted by Gasteiger charge is -2.27. The number of carboxylic acid groups (broad SMARTS) is 2. The van der Waals surface area contributed by atoms with E-state index in [0.29, 0.717) is 5.56 Å². The molecule has 0 fully saturated rings. The van der Waals surface area contributed by atoms with E-state index in [0.717, 1.165) is 11.1 Å². The van der Waals surface area contributed by atoms with Gasteiger partial charge in [-0.3, -0.25) is 4.98 Å². The van der Waals surface area contributed by atoms with Gasteiger partial charge in [-0.1, -0.05) is 30.3 Å². The normalized spacial score (nSPS) is 11.5. The topological polar surface area (TPSA) is 96.7 Å². The van der Waals surface area contributed by atoms with E-state index in [1.807, 2.05) is 12.1 Å². The van der Waals surface area contributed by atoms with Gasteiger partial charge in [0.2, 0.25) is 0 Å². The van der Waals surface area contributed by atoms with Crippen molar-refractivity contribution < 1.29 is 24.5 Å². The van der Waals surface area contributed by atoms with Gasteiger partial charge >= 0.3 is 11.9 Å². The van der Waals surface area contributed by atoms with Crippen LogP contribution in [0.1, 0.15) is 19.4 Å². The predicted molar refractivity (Wildman–Crippen MR) is 87.6 cm³/mol. The van der Waals surface area contributed by atoms with Crippen LogP contribution in [0.4, 0.5) is 0 Å². The molecule has 0 aliphatic rings. The Kier molecular flexibility index (Phi) is 5.31. The van der Waals surface area contributed by atoms with E-state index >= 15 is 0 Å². The summed E-state index contributed by atoms with van der Waals surface area (Å²) in [6.45, 7) is 3.21. The molecular formula is C18H19NO5. The van der Waals surface area contributed by atoms with E-state index in [2.05, 4.69) is 4.98 Å². The van der Waals surface area contributed by atoms with Gasteiger partial charge in [0.05, 0.1) is 6.10 Å². The minimum Gasteiger partial charge on any atom is -0.479 e. The first kappa shape index (κ1) is 17.6. The van der Waals surface area contributed by atoms with Crippen molar-refractivity contribution in [2.75, 3.05) is 0 Å². The molecule has 6 heteroatoms.